The summed E-state index contributed by atoms with van der Waals surface area (Å²) in [6.45, 7) is 2.17. The molecule has 0 unspecified atom stereocenters. The van der Waals surface area contributed by atoms with Gasteiger partial charge in [0.25, 0.3) is 5.91 Å². The molecule has 0 saturated heterocycles. The van der Waals surface area contributed by atoms with Gasteiger partial charge < -0.3 is 15.7 Å². The summed E-state index contributed by atoms with van der Waals surface area (Å²) in [4.78, 5) is 11.7. The molecule has 0 aromatic carbocycles. The first kappa shape index (κ1) is 14.0. The molecule has 0 saturated carbocycles. The van der Waals surface area contributed by atoms with Crippen LogP contribution in [0.2, 0.25) is 0 Å². The number of fused-ring (bicyclic) bond motifs is 1. The lowest BCUT2D eigenvalue weighted by atomic mass is 10.1. The predicted molar refractivity (Wildman–Crippen MR) is 65.3 cm³/mol. The maximum absolute atomic E-state index is 11.7. The number of aromatic nitrogens is 2. The van der Waals surface area contributed by atoms with Crippen LogP contribution >= 0.6 is 12.4 Å². The zero-order valence-electron chi connectivity index (χ0n) is 9.45. The van der Waals surface area contributed by atoms with Crippen LogP contribution in [-0.2, 0) is 13.0 Å². The van der Waals surface area contributed by atoms with Gasteiger partial charge >= 0.3 is 0 Å². The molecule has 1 aromatic heterocycles. The van der Waals surface area contributed by atoms with E-state index in [1.165, 1.54) is 0 Å². The van der Waals surface area contributed by atoms with Crippen molar-refractivity contribution in [3.05, 3.63) is 17.0 Å². The molecule has 4 N–H and O–H groups in total. The van der Waals surface area contributed by atoms with Gasteiger partial charge in [-0.1, -0.05) is 0 Å². The Morgan fingerprint density at radius 3 is 3.12 bits per heavy atom. The predicted octanol–water partition coefficient (Wildman–Crippen LogP) is -0.411. The third kappa shape index (κ3) is 3.18. The van der Waals surface area contributed by atoms with E-state index in [0.29, 0.717) is 25.2 Å². The van der Waals surface area contributed by atoms with Crippen LogP contribution < -0.4 is 10.6 Å². The first-order valence-electron chi connectivity index (χ1n) is 5.49. The summed E-state index contributed by atoms with van der Waals surface area (Å²) in [6.07, 6.45) is 1.45. The minimum Gasteiger partial charge on any atom is -0.396 e. The quantitative estimate of drug-likeness (QED) is 0.554. The molecule has 7 heteroatoms. The van der Waals surface area contributed by atoms with Crippen molar-refractivity contribution in [1.82, 2.24) is 20.8 Å². The third-order valence-corrected chi connectivity index (χ3v) is 2.64. The molecule has 0 aliphatic carbocycles. The third-order valence-electron chi connectivity index (χ3n) is 2.64. The molecule has 96 valence electrons. The molecule has 1 aromatic rings. The van der Waals surface area contributed by atoms with Gasteiger partial charge in [0.2, 0.25) is 0 Å². The molecule has 6 nitrogen and oxygen atoms in total. The monoisotopic (exact) mass is 260 g/mol. The second-order valence-electron chi connectivity index (χ2n) is 3.79. The van der Waals surface area contributed by atoms with E-state index in [2.05, 4.69) is 20.8 Å². The highest BCUT2D eigenvalue weighted by Crippen LogP contribution is 2.14. The van der Waals surface area contributed by atoms with Crippen molar-refractivity contribution >= 4 is 18.3 Å². The molecule has 0 fully saturated rings. The highest BCUT2D eigenvalue weighted by Gasteiger charge is 2.20. The fourth-order valence-corrected chi connectivity index (χ4v) is 1.78. The average Bonchev–Trinajstić information content (AvgIpc) is 2.73. The number of aliphatic hydroxyl groups excluding tert-OH is 1. The lowest BCUT2D eigenvalue weighted by Crippen LogP contribution is -2.29. The highest BCUT2D eigenvalue weighted by molar-refractivity contribution is 5.94. The van der Waals surface area contributed by atoms with Crippen LogP contribution in [0.5, 0.6) is 0 Å². The summed E-state index contributed by atoms with van der Waals surface area (Å²) < 4.78 is 0. The second kappa shape index (κ2) is 6.58. The zero-order valence-corrected chi connectivity index (χ0v) is 10.3. The number of amides is 1. The molecular weight excluding hydrogens is 244 g/mol. The second-order valence-corrected chi connectivity index (χ2v) is 3.79. The lowest BCUT2D eigenvalue weighted by Gasteiger charge is -2.12. The van der Waals surface area contributed by atoms with Crippen molar-refractivity contribution in [1.29, 1.82) is 0 Å². The molecule has 0 radical (unpaired) electrons. The van der Waals surface area contributed by atoms with Gasteiger partial charge in [0, 0.05) is 43.9 Å². The minimum absolute atomic E-state index is 0. The van der Waals surface area contributed by atoms with Crippen molar-refractivity contribution in [2.75, 3.05) is 19.7 Å². The number of carbonyl (C=O) groups excluding carboxylic acids is 1. The van der Waals surface area contributed by atoms with Crippen molar-refractivity contribution in [3.8, 4) is 0 Å². The van der Waals surface area contributed by atoms with Gasteiger partial charge in [-0.15, -0.1) is 12.4 Å². The van der Waals surface area contributed by atoms with E-state index >= 15 is 0 Å². The SMILES string of the molecule is Cl.O=C(NCCCO)c1n[nH]c2c1CNCC2. The van der Waals surface area contributed by atoms with Crippen LogP contribution in [0.15, 0.2) is 0 Å². The maximum Gasteiger partial charge on any atom is 0.272 e. The smallest absolute Gasteiger partial charge is 0.272 e. The van der Waals surface area contributed by atoms with E-state index in [4.69, 9.17) is 5.11 Å². The van der Waals surface area contributed by atoms with E-state index in [9.17, 15) is 4.79 Å². The molecule has 1 amide bonds. The Labute approximate surface area is 106 Å². The maximum atomic E-state index is 11.7. The lowest BCUT2D eigenvalue weighted by molar-refractivity contribution is 0.0945. The minimum atomic E-state index is -0.172. The molecule has 2 rings (SSSR count). The van der Waals surface area contributed by atoms with Crippen molar-refractivity contribution in [2.24, 2.45) is 0 Å². The number of aliphatic hydroxyl groups is 1. The number of aromatic amines is 1. The summed E-state index contributed by atoms with van der Waals surface area (Å²) in [5, 5.41) is 21.5. The molecule has 0 atom stereocenters. The molecule has 1 aliphatic heterocycles. The Bertz CT molecular complexity index is 380. The summed E-state index contributed by atoms with van der Waals surface area (Å²) in [5.74, 6) is -0.172. The van der Waals surface area contributed by atoms with Crippen molar-refractivity contribution < 1.29 is 9.90 Å². The summed E-state index contributed by atoms with van der Waals surface area (Å²) in [7, 11) is 0. The van der Waals surface area contributed by atoms with Gasteiger partial charge in [-0.05, 0) is 6.42 Å². The Hall–Kier alpha value is -1.11. The number of H-pyrrole nitrogens is 1. The fourth-order valence-electron chi connectivity index (χ4n) is 1.78. The van der Waals surface area contributed by atoms with Crippen LogP contribution in [0.4, 0.5) is 0 Å². The fraction of sp³-hybridized carbons (Fsp3) is 0.600. The van der Waals surface area contributed by atoms with Gasteiger partial charge in [0.15, 0.2) is 5.69 Å². The number of nitrogens with zero attached hydrogens (tertiary/aromatic N) is 1. The van der Waals surface area contributed by atoms with E-state index in [1.54, 1.807) is 0 Å². The van der Waals surface area contributed by atoms with Crippen LogP contribution in [0.3, 0.4) is 0 Å². The van der Waals surface area contributed by atoms with Gasteiger partial charge in [-0.2, -0.15) is 5.10 Å². The van der Waals surface area contributed by atoms with E-state index in [1.807, 2.05) is 0 Å². The Morgan fingerprint density at radius 2 is 2.35 bits per heavy atom. The van der Waals surface area contributed by atoms with E-state index in [0.717, 1.165) is 24.2 Å². The summed E-state index contributed by atoms with van der Waals surface area (Å²) in [5.41, 5.74) is 2.49. The number of halogens is 1. The number of nitrogens with one attached hydrogen (secondary N) is 3. The molecule has 0 spiro atoms. The molecule has 17 heavy (non-hydrogen) atoms. The van der Waals surface area contributed by atoms with Gasteiger partial charge in [0.05, 0.1) is 0 Å². The number of carbonyl (C=O) groups is 1. The largest absolute Gasteiger partial charge is 0.396 e. The van der Waals surface area contributed by atoms with E-state index < -0.39 is 0 Å². The van der Waals surface area contributed by atoms with Crippen LogP contribution in [0.1, 0.15) is 28.2 Å². The first-order chi connectivity index (χ1) is 7.83. The normalized spacial score (nSPS) is 13.7. The number of hydrogen-bond donors (Lipinski definition) is 4. The number of hydrogen-bond acceptors (Lipinski definition) is 4. The Morgan fingerprint density at radius 1 is 1.53 bits per heavy atom. The number of rotatable bonds is 4. The summed E-state index contributed by atoms with van der Waals surface area (Å²) >= 11 is 0. The Kier molecular flexibility index (Phi) is 5.40. The van der Waals surface area contributed by atoms with Gasteiger partial charge in [0.1, 0.15) is 0 Å². The van der Waals surface area contributed by atoms with Crippen LogP contribution in [0.25, 0.3) is 0 Å². The molecule has 2 heterocycles. The summed E-state index contributed by atoms with van der Waals surface area (Å²) in [6, 6.07) is 0. The van der Waals surface area contributed by atoms with E-state index in [-0.39, 0.29) is 24.9 Å². The first-order valence-corrected chi connectivity index (χ1v) is 5.49. The molecule has 1 aliphatic rings. The standard InChI is InChI=1S/C10H16N4O2.ClH/c15-5-1-3-12-10(16)9-7-6-11-4-2-8(7)13-14-9;/h11,15H,1-6H2,(H,12,16)(H,13,14);1H. The molecule has 0 bridgehead atoms. The van der Waals surface area contributed by atoms with Crippen LogP contribution in [-0.4, -0.2) is 40.9 Å². The van der Waals surface area contributed by atoms with Crippen molar-refractivity contribution in [3.63, 3.8) is 0 Å². The molecular formula is C10H17ClN4O2. The van der Waals surface area contributed by atoms with Crippen molar-refractivity contribution in [2.45, 2.75) is 19.4 Å². The highest BCUT2D eigenvalue weighted by atomic mass is 35.5. The van der Waals surface area contributed by atoms with Gasteiger partial charge in [-0.25, -0.2) is 0 Å². The van der Waals surface area contributed by atoms with Crippen LogP contribution in [0, 0.1) is 0 Å². The topological polar surface area (TPSA) is 90.0 Å². The average molecular weight is 261 g/mol. The zero-order chi connectivity index (χ0) is 11.4. The van der Waals surface area contributed by atoms with Gasteiger partial charge in [-0.3, -0.25) is 9.89 Å². The Balaban J connectivity index is 0.00000144.